The normalized spacial score (nSPS) is 10.9. The van der Waals surface area contributed by atoms with Crippen LogP contribution in [-0.2, 0) is 0 Å². The first-order valence-electron chi connectivity index (χ1n) is 4.58. The Labute approximate surface area is 107 Å². The van der Waals surface area contributed by atoms with E-state index in [1.807, 2.05) is 0 Å². The minimum Gasteiger partial charge on any atom is -0.476 e. The van der Waals surface area contributed by atoms with Crippen LogP contribution in [0.15, 0.2) is 22.9 Å². The third-order valence-electron chi connectivity index (χ3n) is 2.07. The molecule has 2 aromatic heterocycles. The van der Waals surface area contributed by atoms with Crippen molar-refractivity contribution in [3.05, 3.63) is 34.2 Å². The summed E-state index contributed by atoms with van der Waals surface area (Å²) in [7, 11) is 0. The molecule has 2 heterocycles. The topological polar surface area (TPSA) is 80.9 Å². The predicted octanol–water partition coefficient (Wildman–Crippen LogP) is 2.06. The Morgan fingerprint density at radius 2 is 2.17 bits per heavy atom. The SMILES string of the molecule is O=C(O)c1cnnn1-c1ncc(Br)cc1C(F)F. The van der Waals surface area contributed by atoms with Crippen LogP contribution < -0.4 is 0 Å². The minimum atomic E-state index is -2.81. The van der Waals surface area contributed by atoms with Crippen molar-refractivity contribution in [1.29, 1.82) is 0 Å². The first kappa shape index (κ1) is 12.6. The molecule has 0 aliphatic heterocycles. The maximum absolute atomic E-state index is 12.9. The van der Waals surface area contributed by atoms with Gasteiger partial charge in [-0.2, -0.15) is 4.68 Å². The van der Waals surface area contributed by atoms with Gasteiger partial charge in [0.15, 0.2) is 11.5 Å². The molecule has 94 valence electrons. The fourth-order valence-corrected chi connectivity index (χ4v) is 1.67. The summed E-state index contributed by atoms with van der Waals surface area (Å²) in [6, 6.07) is 1.15. The highest BCUT2D eigenvalue weighted by Crippen LogP contribution is 2.27. The van der Waals surface area contributed by atoms with E-state index in [0.717, 1.165) is 16.9 Å². The van der Waals surface area contributed by atoms with E-state index < -0.39 is 18.0 Å². The van der Waals surface area contributed by atoms with Crippen LogP contribution in [0.2, 0.25) is 0 Å². The summed E-state index contributed by atoms with van der Waals surface area (Å²) in [4.78, 5) is 14.6. The predicted molar refractivity (Wildman–Crippen MR) is 58.8 cm³/mol. The number of hydrogen-bond acceptors (Lipinski definition) is 4. The van der Waals surface area contributed by atoms with Gasteiger partial charge in [-0.15, -0.1) is 5.10 Å². The van der Waals surface area contributed by atoms with Crippen LogP contribution in [0, 0.1) is 0 Å². The highest BCUT2D eigenvalue weighted by atomic mass is 79.9. The summed E-state index contributed by atoms with van der Waals surface area (Å²) in [6.07, 6.45) is -0.577. The number of aromatic carboxylic acids is 1. The first-order valence-corrected chi connectivity index (χ1v) is 5.38. The zero-order valence-electron chi connectivity index (χ0n) is 8.59. The molecule has 0 saturated heterocycles. The molecule has 1 N–H and O–H groups in total. The molecule has 0 aliphatic carbocycles. The van der Waals surface area contributed by atoms with E-state index in [1.165, 1.54) is 6.20 Å². The smallest absolute Gasteiger partial charge is 0.356 e. The zero-order valence-corrected chi connectivity index (χ0v) is 10.2. The van der Waals surface area contributed by atoms with E-state index in [4.69, 9.17) is 5.11 Å². The van der Waals surface area contributed by atoms with Gasteiger partial charge < -0.3 is 5.11 Å². The molecule has 0 unspecified atom stereocenters. The van der Waals surface area contributed by atoms with Crippen LogP contribution in [0.1, 0.15) is 22.5 Å². The van der Waals surface area contributed by atoms with Crippen molar-refractivity contribution < 1.29 is 18.7 Å². The zero-order chi connectivity index (χ0) is 13.3. The summed E-state index contributed by atoms with van der Waals surface area (Å²) in [5.41, 5.74) is -0.774. The second kappa shape index (κ2) is 4.77. The molecule has 18 heavy (non-hydrogen) atoms. The van der Waals surface area contributed by atoms with E-state index >= 15 is 0 Å². The Bertz CT molecular complexity index is 602. The van der Waals surface area contributed by atoms with Gasteiger partial charge in [0.25, 0.3) is 6.43 Å². The van der Waals surface area contributed by atoms with Gasteiger partial charge >= 0.3 is 5.97 Å². The molecule has 0 spiro atoms. The fourth-order valence-electron chi connectivity index (χ4n) is 1.32. The number of rotatable bonds is 3. The number of aromatic nitrogens is 4. The van der Waals surface area contributed by atoms with Crippen LogP contribution >= 0.6 is 15.9 Å². The molecule has 2 rings (SSSR count). The summed E-state index contributed by atoms with van der Waals surface area (Å²) >= 11 is 3.02. The van der Waals surface area contributed by atoms with Gasteiger partial charge in [0.05, 0.1) is 11.8 Å². The quantitative estimate of drug-likeness (QED) is 0.936. The molecular formula is C9H5BrF2N4O2. The second-order valence-electron chi connectivity index (χ2n) is 3.20. The van der Waals surface area contributed by atoms with Crippen molar-refractivity contribution in [2.75, 3.05) is 0 Å². The Kier molecular flexibility index (Phi) is 3.32. The van der Waals surface area contributed by atoms with Crippen molar-refractivity contribution in [2.45, 2.75) is 6.43 Å². The van der Waals surface area contributed by atoms with Gasteiger partial charge in [0, 0.05) is 10.7 Å². The first-order chi connectivity index (χ1) is 8.50. The number of carboxylic acids is 1. The van der Waals surface area contributed by atoms with Crippen molar-refractivity contribution in [3.63, 3.8) is 0 Å². The molecule has 2 aromatic rings. The molecule has 0 aliphatic rings. The van der Waals surface area contributed by atoms with Crippen LogP contribution in [0.25, 0.3) is 5.82 Å². The lowest BCUT2D eigenvalue weighted by molar-refractivity contribution is 0.0686. The van der Waals surface area contributed by atoms with Crippen molar-refractivity contribution in [3.8, 4) is 5.82 Å². The molecule has 0 amide bonds. The van der Waals surface area contributed by atoms with E-state index in [-0.39, 0.29) is 11.5 Å². The van der Waals surface area contributed by atoms with Gasteiger partial charge in [0.1, 0.15) is 0 Å². The van der Waals surface area contributed by atoms with E-state index in [2.05, 4.69) is 31.2 Å². The van der Waals surface area contributed by atoms with Gasteiger partial charge in [-0.1, -0.05) is 5.21 Å². The average Bonchev–Trinajstić information content (AvgIpc) is 2.77. The molecule has 0 fully saturated rings. The number of alkyl halides is 2. The molecule has 0 aromatic carbocycles. The van der Waals surface area contributed by atoms with Gasteiger partial charge in [-0.3, -0.25) is 0 Å². The maximum atomic E-state index is 12.9. The van der Waals surface area contributed by atoms with Crippen LogP contribution in [-0.4, -0.2) is 31.1 Å². The molecule has 0 bridgehead atoms. The Morgan fingerprint density at radius 3 is 2.78 bits per heavy atom. The molecule has 0 radical (unpaired) electrons. The van der Waals surface area contributed by atoms with Crippen molar-refractivity contribution in [1.82, 2.24) is 20.0 Å². The van der Waals surface area contributed by atoms with Crippen molar-refractivity contribution >= 4 is 21.9 Å². The van der Waals surface area contributed by atoms with Crippen molar-refractivity contribution in [2.24, 2.45) is 0 Å². The Hall–Kier alpha value is -1.90. The minimum absolute atomic E-state index is 0.261. The summed E-state index contributed by atoms with van der Waals surface area (Å²) in [5, 5.41) is 15.7. The monoisotopic (exact) mass is 318 g/mol. The van der Waals surface area contributed by atoms with Crippen LogP contribution in [0.5, 0.6) is 0 Å². The third-order valence-corrected chi connectivity index (χ3v) is 2.50. The number of carboxylic acid groups (broad SMARTS) is 1. The average molecular weight is 319 g/mol. The highest BCUT2D eigenvalue weighted by molar-refractivity contribution is 9.10. The lowest BCUT2D eigenvalue weighted by atomic mass is 10.2. The van der Waals surface area contributed by atoms with Gasteiger partial charge in [-0.25, -0.2) is 18.6 Å². The van der Waals surface area contributed by atoms with E-state index in [0.29, 0.717) is 4.47 Å². The fraction of sp³-hybridized carbons (Fsp3) is 0.111. The third kappa shape index (κ3) is 2.21. The second-order valence-corrected chi connectivity index (χ2v) is 4.12. The Morgan fingerprint density at radius 1 is 1.44 bits per heavy atom. The molecule has 9 heteroatoms. The summed E-state index contributed by atoms with van der Waals surface area (Å²) in [5.74, 6) is -1.59. The molecule has 0 atom stereocenters. The Balaban J connectivity index is 2.63. The summed E-state index contributed by atoms with van der Waals surface area (Å²) < 4.78 is 26.8. The number of carbonyl (C=O) groups is 1. The number of pyridine rings is 1. The highest BCUT2D eigenvalue weighted by Gasteiger charge is 2.21. The largest absolute Gasteiger partial charge is 0.476 e. The van der Waals surface area contributed by atoms with Gasteiger partial charge in [0.2, 0.25) is 0 Å². The summed E-state index contributed by atoms with van der Waals surface area (Å²) in [6.45, 7) is 0. The van der Waals surface area contributed by atoms with Gasteiger partial charge in [-0.05, 0) is 22.0 Å². The maximum Gasteiger partial charge on any atom is 0.356 e. The lowest BCUT2D eigenvalue weighted by Gasteiger charge is -2.08. The molecule has 0 saturated carbocycles. The lowest BCUT2D eigenvalue weighted by Crippen LogP contribution is -2.12. The standard InChI is InChI=1S/C9H5BrF2N4O2/c10-4-1-5(7(11)12)8(13-2-4)16-6(9(17)18)3-14-15-16/h1-3,7H,(H,17,18). The van der Waals surface area contributed by atoms with Crippen LogP contribution in [0.3, 0.4) is 0 Å². The molecular weight excluding hydrogens is 314 g/mol. The molecule has 6 nitrogen and oxygen atoms in total. The number of nitrogens with zero attached hydrogens (tertiary/aromatic N) is 4. The van der Waals surface area contributed by atoms with Crippen LogP contribution in [0.4, 0.5) is 8.78 Å². The number of hydrogen-bond donors (Lipinski definition) is 1. The van der Waals surface area contributed by atoms with E-state index in [1.54, 1.807) is 0 Å². The number of halogens is 3. The van der Waals surface area contributed by atoms with E-state index in [9.17, 15) is 13.6 Å².